The number of aromatic nitrogens is 2. The van der Waals surface area contributed by atoms with E-state index in [4.69, 9.17) is 4.74 Å². The summed E-state index contributed by atoms with van der Waals surface area (Å²) < 4.78 is 5.11. The van der Waals surface area contributed by atoms with Crippen molar-refractivity contribution in [3.05, 3.63) is 41.7 Å². The van der Waals surface area contributed by atoms with Gasteiger partial charge in [0.1, 0.15) is 6.73 Å². The summed E-state index contributed by atoms with van der Waals surface area (Å²) in [5, 5.41) is 10.2. The summed E-state index contributed by atoms with van der Waals surface area (Å²) in [6.45, 7) is 0.992. The van der Waals surface area contributed by atoms with Crippen molar-refractivity contribution in [1.29, 1.82) is 0 Å². The number of methoxy groups -OCH3 is 1. The molecular weight excluding hydrogens is 268 g/mol. The van der Waals surface area contributed by atoms with E-state index in [-0.39, 0.29) is 5.91 Å². The first-order chi connectivity index (χ1) is 10.3. The number of nitrogens with one attached hydrogen (secondary N) is 2. The molecule has 2 N–H and O–H groups in total. The highest BCUT2D eigenvalue weighted by molar-refractivity contribution is 5.96. The van der Waals surface area contributed by atoms with Crippen LogP contribution < -0.4 is 10.2 Å². The van der Waals surface area contributed by atoms with Gasteiger partial charge in [-0.15, -0.1) is 0 Å². The van der Waals surface area contributed by atoms with Crippen LogP contribution in [0.1, 0.15) is 17.7 Å². The summed E-state index contributed by atoms with van der Waals surface area (Å²) in [6.07, 6.45) is 3.03. The van der Waals surface area contributed by atoms with Crippen molar-refractivity contribution in [1.82, 2.24) is 10.2 Å². The number of rotatable bonds is 5. The molecule has 2 aromatic rings. The van der Waals surface area contributed by atoms with Crippen molar-refractivity contribution in [2.45, 2.75) is 19.4 Å². The van der Waals surface area contributed by atoms with E-state index < -0.39 is 0 Å². The quantitative estimate of drug-likeness (QED) is 0.881. The van der Waals surface area contributed by atoms with Crippen LogP contribution in [0.5, 0.6) is 0 Å². The van der Waals surface area contributed by atoms with Gasteiger partial charge >= 0.3 is 0 Å². The Balaban J connectivity index is 1.76. The predicted molar refractivity (Wildman–Crippen MR) is 80.0 cm³/mol. The molecule has 110 valence electrons. The fourth-order valence-corrected chi connectivity index (χ4v) is 2.52. The number of carbonyl (C=O) groups excluding carboxylic acids is 1. The summed E-state index contributed by atoms with van der Waals surface area (Å²) in [5.41, 5.74) is 4.18. The third kappa shape index (κ3) is 2.90. The summed E-state index contributed by atoms with van der Waals surface area (Å²) in [5.74, 6) is 0.113. The Morgan fingerprint density at radius 2 is 2.29 bits per heavy atom. The van der Waals surface area contributed by atoms with E-state index in [1.165, 1.54) is 5.56 Å². The van der Waals surface area contributed by atoms with Crippen LogP contribution in [-0.4, -0.2) is 29.9 Å². The van der Waals surface area contributed by atoms with Crippen LogP contribution in [0.4, 0.5) is 11.4 Å². The molecule has 0 spiro atoms. The van der Waals surface area contributed by atoms with Gasteiger partial charge in [0.2, 0.25) is 5.91 Å². The number of H-pyrrole nitrogens is 1. The maximum Gasteiger partial charge on any atom is 0.229 e. The van der Waals surface area contributed by atoms with E-state index in [2.05, 4.69) is 21.6 Å². The monoisotopic (exact) mass is 286 g/mol. The van der Waals surface area contributed by atoms with E-state index in [0.29, 0.717) is 19.7 Å². The first-order valence-corrected chi connectivity index (χ1v) is 6.92. The summed E-state index contributed by atoms with van der Waals surface area (Å²) >= 11 is 0. The molecular formula is C15H18N4O2. The molecule has 0 saturated carbocycles. The molecule has 1 aromatic carbocycles. The fourth-order valence-electron chi connectivity index (χ4n) is 2.52. The molecule has 2 heterocycles. The normalized spacial score (nSPS) is 14.1. The number of amides is 1. The Bertz CT molecular complexity index is 625. The molecule has 0 unspecified atom stereocenters. The molecule has 0 radical (unpaired) electrons. The molecule has 1 aliphatic rings. The number of fused-ring (bicyclic) bond motifs is 1. The lowest BCUT2D eigenvalue weighted by Gasteiger charge is -2.29. The van der Waals surface area contributed by atoms with Gasteiger partial charge in [0.15, 0.2) is 0 Å². The Morgan fingerprint density at radius 1 is 1.38 bits per heavy atom. The van der Waals surface area contributed by atoms with Gasteiger partial charge in [0.05, 0.1) is 12.2 Å². The second-order valence-corrected chi connectivity index (χ2v) is 5.02. The van der Waals surface area contributed by atoms with Crippen molar-refractivity contribution >= 4 is 17.3 Å². The van der Waals surface area contributed by atoms with E-state index in [0.717, 1.165) is 23.5 Å². The van der Waals surface area contributed by atoms with Crippen LogP contribution in [-0.2, 0) is 22.5 Å². The number of aryl methyl sites for hydroxylation is 1. The van der Waals surface area contributed by atoms with Crippen LogP contribution in [0.3, 0.4) is 0 Å². The number of carbonyl (C=O) groups is 1. The van der Waals surface area contributed by atoms with Gasteiger partial charge < -0.3 is 10.1 Å². The molecule has 0 saturated heterocycles. The van der Waals surface area contributed by atoms with Gasteiger partial charge in [-0.05, 0) is 36.2 Å². The minimum absolute atomic E-state index is 0.113. The van der Waals surface area contributed by atoms with E-state index >= 15 is 0 Å². The average Bonchev–Trinajstić information content (AvgIpc) is 3.01. The highest BCUT2D eigenvalue weighted by Gasteiger charge is 2.23. The van der Waals surface area contributed by atoms with Crippen LogP contribution in [0.25, 0.3) is 0 Å². The van der Waals surface area contributed by atoms with Crippen LogP contribution in [0.15, 0.2) is 30.5 Å². The lowest BCUT2D eigenvalue weighted by molar-refractivity contribution is -0.119. The number of anilines is 2. The molecule has 21 heavy (non-hydrogen) atoms. The van der Waals surface area contributed by atoms with Crippen LogP contribution in [0.2, 0.25) is 0 Å². The second kappa shape index (κ2) is 5.97. The van der Waals surface area contributed by atoms with Crippen molar-refractivity contribution < 1.29 is 9.53 Å². The molecule has 6 nitrogen and oxygen atoms in total. The van der Waals surface area contributed by atoms with Gasteiger partial charge in [-0.2, -0.15) is 5.10 Å². The van der Waals surface area contributed by atoms with Crippen molar-refractivity contribution in [3.63, 3.8) is 0 Å². The number of aromatic amines is 1. The fraction of sp³-hybridized carbons (Fsp3) is 0.333. The first-order valence-electron chi connectivity index (χ1n) is 6.92. The molecule has 0 fully saturated rings. The van der Waals surface area contributed by atoms with Gasteiger partial charge in [-0.25, -0.2) is 0 Å². The highest BCUT2D eigenvalue weighted by Crippen LogP contribution is 2.30. The Morgan fingerprint density at radius 3 is 3.05 bits per heavy atom. The van der Waals surface area contributed by atoms with Crippen LogP contribution >= 0.6 is 0 Å². The number of hydrogen-bond acceptors (Lipinski definition) is 4. The smallest absolute Gasteiger partial charge is 0.229 e. The molecule has 0 aliphatic carbocycles. The summed E-state index contributed by atoms with van der Waals surface area (Å²) in [7, 11) is 1.60. The minimum Gasteiger partial charge on any atom is -0.379 e. The highest BCUT2D eigenvalue weighted by atomic mass is 16.5. The Hall–Kier alpha value is -2.34. The zero-order valence-electron chi connectivity index (χ0n) is 11.9. The number of benzene rings is 1. The van der Waals surface area contributed by atoms with Gasteiger partial charge in [-0.3, -0.25) is 14.8 Å². The first kappa shape index (κ1) is 13.6. The molecule has 6 heteroatoms. The molecule has 3 rings (SSSR count). The lowest BCUT2D eigenvalue weighted by atomic mass is 10.0. The predicted octanol–water partition coefficient (Wildman–Crippen LogP) is 1.90. The molecule has 1 aliphatic heterocycles. The maximum absolute atomic E-state index is 11.9. The second-order valence-electron chi connectivity index (χ2n) is 5.02. The number of ether oxygens (including phenoxy) is 1. The minimum atomic E-state index is 0.113. The van der Waals surface area contributed by atoms with Gasteiger partial charge in [0.25, 0.3) is 0 Å². The zero-order valence-corrected chi connectivity index (χ0v) is 11.9. The van der Waals surface area contributed by atoms with Crippen molar-refractivity contribution in [2.75, 3.05) is 24.1 Å². The third-order valence-corrected chi connectivity index (χ3v) is 3.58. The molecule has 0 bridgehead atoms. The lowest BCUT2D eigenvalue weighted by Crippen LogP contribution is -2.36. The summed E-state index contributed by atoms with van der Waals surface area (Å²) in [6, 6.07) is 7.99. The topological polar surface area (TPSA) is 70.2 Å². The summed E-state index contributed by atoms with van der Waals surface area (Å²) in [4.78, 5) is 13.6. The number of hydrogen-bond donors (Lipinski definition) is 2. The largest absolute Gasteiger partial charge is 0.379 e. The van der Waals surface area contributed by atoms with Crippen molar-refractivity contribution in [3.8, 4) is 0 Å². The number of nitrogens with zero attached hydrogens (tertiary/aromatic N) is 2. The van der Waals surface area contributed by atoms with E-state index in [1.54, 1.807) is 18.2 Å². The van der Waals surface area contributed by atoms with E-state index in [1.807, 2.05) is 18.2 Å². The van der Waals surface area contributed by atoms with Gasteiger partial charge in [0, 0.05) is 31.1 Å². The molecule has 1 aromatic heterocycles. The molecule has 0 atom stereocenters. The van der Waals surface area contributed by atoms with Crippen molar-refractivity contribution in [2.24, 2.45) is 0 Å². The van der Waals surface area contributed by atoms with Crippen LogP contribution in [0, 0.1) is 0 Å². The van der Waals surface area contributed by atoms with E-state index in [9.17, 15) is 4.79 Å². The average molecular weight is 286 g/mol. The SMILES string of the molecule is COCN1C(=O)CCc2cc(NCc3ccn[nH]3)ccc21. The third-order valence-electron chi connectivity index (χ3n) is 3.58. The standard InChI is InChI=1S/C15H18N4O2/c1-21-10-19-14-4-3-12(8-11(14)2-5-15(19)20)16-9-13-6-7-17-18-13/h3-4,6-8,16H,2,5,9-10H2,1H3,(H,17,18). The van der Waals surface area contributed by atoms with Gasteiger partial charge in [-0.1, -0.05) is 0 Å². The Kier molecular flexibility index (Phi) is 3.87. The Labute approximate surface area is 123 Å². The zero-order chi connectivity index (χ0) is 14.7. The molecule has 1 amide bonds. The maximum atomic E-state index is 11.9.